The summed E-state index contributed by atoms with van der Waals surface area (Å²) >= 11 is 0. The summed E-state index contributed by atoms with van der Waals surface area (Å²) < 4.78 is 4.92. The molecule has 1 aromatic rings. The van der Waals surface area contributed by atoms with Crippen LogP contribution in [0, 0.1) is 5.92 Å². The molecule has 1 heterocycles. The zero-order valence-electron chi connectivity index (χ0n) is 9.56. The largest absolute Gasteiger partial charge is 0.481 e. The molecule has 1 atom stereocenters. The minimum atomic E-state index is -0.151. The fourth-order valence-electron chi connectivity index (χ4n) is 1.28. The molecule has 16 heavy (non-hydrogen) atoms. The van der Waals surface area contributed by atoms with Crippen molar-refractivity contribution in [2.75, 3.05) is 19.0 Å². The summed E-state index contributed by atoms with van der Waals surface area (Å²) in [5, 5.41) is 2.76. The van der Waals surface area contributed by atoms with Crippen LogP contribution in [0.2, 0.25) is 0 Å². The number of nitrogens with two attached hydrogens (primary N) is 1. The van der Waals surface area contributed by atoms with Gasteiger partial charge in [-0.1, -0.05) is 6.92 Å². The maximum absolute atomic E-state index is 11.7. The summed E-state index contributed by atoms with van der Waals surface area (Å²) in [6, 6.07) is 3.44. The highest BCUT2D eigenvalue weighted by molar-refractivity contribution is 5.92. The lowest BCUT2D eigenvalue weighted by molar-refractivity contribution is -0.119. The van der Waals surface area contributed by atoms with E-state index in [-0.39, 0.29) is 11.8 Å². The summed E-state index contributed by atoms with van der Waals surface area (Å²) in [4.78, 5) is 15.7. The normalized spacial score (nSPS) is 11.9. The van der Waals surface area contributed by atoms with Crippen molar-refractivity contribution in [1.82, 2.24) is 4.98 Å². The molecule has 0 saturated heterocycles. The first-order valence-corrected chi connectivity index (χ1v) is 5.22. The molecule has 0 radical (unpaired) electrons. The third-order valence-electron chi connectivity index (χ3n) is 2.36. The number of carbonyl (C=O) groups excluding carboxylic acids is 1. The van der Waals surface area contributed by atoms with E-state index in [1.54, 1.807) is 25.4 Å². The highest BCUT2D eigenvalue weighted by Gasteiger charge is 2.14. The van der Waals surface area contributed by atoms with Gasteiger partial charge in [0.25, 0.3) is 0 Å². The van der Waals surface area contributed by atoms with Gasteiger partial charge < -0.3 is 15.8 Å². The Bertz CT molecular complexity index is 334. The molecule has 0 spiro atoms. The number of carbonyl (C=O) groups is 1. The number of aromatic nitrogens is 1. The summed E-state index contributed by atoms with van der Waals surface area (Å²) in [5.41, 5.74) is 6.14. The van der Waals surface area contributed by atoms with Crippen LogP contribution in [0.25, 0.3) is 0 Å². The smallest absolute Gasteiger partial charge is 0.228 e. The molecular formula is C11H17N3O2. The molecule has 1 aromatic heterocycles. The van der Waals surface area contributed by atoms with Crippen molar-refractivity contribution >= 4 is 11.6 Å². The minimum Gasteiger partial charge on any atom is -0.481 e. The number of nitrogens with zero attached hydrogens (tertiary/aromatic N) is 1. The van der Waals surface area contributed by atoms with E-state index in [0.717, 1.165) is 6.42 Å². The molecule has 0 aliphatic carbocycles. The first-order chi connectivity index (χ1) is 7.71. The first kappa shape index (κ1) is 12.4. The van der Waals surface area contributed by atoms with Gasteiger partial charge in [-0.2, -0.15) is 0 Å². The molecule has 0 saturated carbocycles. The van der Waals surface area contributed by atoms with Gasteiger partial charge in [-0.25, -0.2) is 4.98 Å². The molecule has 0 bridgehead atoms. The molecule has 1 amide bonds. The lowest BCUT2D eigenvalue weighted by Gasteiger charge is -2.12. The van der Waals surface area contributed by atoms with Crippen molar-refractivity contribution in [3.63, 3.8) is 0 Å². The Kier molecular flexibility index (Phi) is 4.72. The average molecular weight is 223 g/mol. The van der Waals surface area contributed by atoms with Gasteiger partial charge in [-0.05, 0) is 12.5 Å². The Balaban J connectivity index is 2.62. The molecule has 1 rings (SSSR count). The molecule has 5 nitrogen and oxygen atoms in total. The minimum absolute atomic E-state index is 0.0723. The van der Waals surface area contributed by atoms with Gasteiger partial charge in [0.05, 0.1) is 24.9 Å². The van der Waals surface area contributed by atoms with Crippen LogP contribution in [0.15, 0.2) is 18.3 Å². The van der Waals surface area contributed by atoms with Crippen molar-refractivity contribution < 1.29 is 9.53 Å². The van der Waals surface area contributed by atoms with E-state index >= 15 is 0 Å². The molecule has 3 N–H and O–H groups in total. The monoisotopic (exact) mass is 223 g/mol. The fraction of sp³-hybridized carbons (Fsp3) is 0.455. The Hall–Kier alpha value is -1.62. The average Bonchev–Trinajstić information content (AvgIpc) is 2.31. The topological polar surface area (TPSA) is 77.2 Å². The van der Waals surface area contributed by atoms with Crippen LogP contribution in [0.4, 0.5) is 5.69 Å². The number of methoxy groups -OCH3 is 1. The maximum Gasteiger partial charge on any atom is 0.228 e. The summed E-state index contributed by atoms with van der Waals surface area (Å²) in [6.07, 6.45) is 2.28. The van der Waals surface area contributed by atoms with E-state index in [4.69, 9.17) is 10.5 Å². The highest BCUT2D eigenvalue weighted by atomic mass is 16.5. The van der Waals surface area contributed by atoms with E-state index in [0.29, 0.717) is 18.1 Å². The van der Waals surface area contributed by atoms with Crippen LogP contribution >= 0.6 is 0 Å². The van der Waals surface area contributed by atoms with Gasteiger partial charge >= 0.3 is 0 Å². The van der Waals surface area contributed by atoms with Crippen LogP contribution in [0.1, 0.15) is 13.3 Å². The second-order valence-corrected chi connectivity index (χ2v) is 3.42. The third kappa shape index (κ3) is 3.20. The second kappa shape index (κ2) is 6.07. The van der Waals surface area contributed by atoms with Gasteiger partial charge in [0.1, 0.15) is 0 Å². The molecule has 0 aliphatic rings. The van der Waals surface area contributed by atoms with E-state index < -0.39 is 0 Å². The Morgan fingerprint density at radius 2 is 2.38 bits per heavy atom. The van der Waals surface area contributed by atoms with E-state index in [1.165, 1.54) is 0 Å². The van der Waals surface area contributed by atoms with Crippen LogP contribution in [0.3, 0.4) is 0 Å². The molecule has 1 unspecified atom stereocenters. The summed E-state index contributed by atoms with van der Waals surface area (Å²) in [7, 11) is 1.54. The number of nitrogens with one attached hydrogen (secondary N) is 1. The number of amides is 1. The standard InChI is InChI=1S/C11H17N3O2/c1-3-8(6-12)11(15)14-9-4-5-10(16-2)13-7-9/h4-5,7-8H,3,6,12H2,1-2H3,(H,14,15). The molecule has 5 heteroatoms. The Labute approximate surface area is 95.0 Å². The first-order valence-electron chi connectivity index (χ1n) is 5.22. The fourth-order valence-corrected chi connectivity index (χ4v) is 1.28. The second-order valence-electron chi connectivity index (χ2n) is 3.42. The maximum atomic E-state index is 11.7. The van der Waals surface area contributed by atoms with Crippen molar-refractivity contribution in [2.45, 2.75) is 13.3 Å². The predicted molar refractivity (Wildman–Crippen MR) is 62.3 cm³/mol. The Morgan fingerprint density at radius 1 is 1.62 bits per heavy atom. The number of hydrogen-bond donors (Lipinski definition) is 2. The van der Waals surface area contributed by atoms with E-state index in [2.05, 4.69) is 10.3 Å². The van der Waals surface area contributed by atoms with E-state index in [9.17, 15) is 4.79 Å². The molecule has 0 aromatic carbocycles. The lowest BCUT2D eigenvalue weighted by Crippen LogP contribution is -2.28. The van der Waals surface area contributed by atoms with Gasteiger partial charge in [0.2, 0.25) is 11.8 Å². The van der Waals surface area contributed by atoms with Crippen LogP contribution in [-0.2, 0) is 4.79 Å². The number of rotatable bonds is 5. The van der Waals surface area contributed by atoms with Crippen LogP contribution in [-0.4, -0.2) is 24.5 Å². The van der Waals surface area contributed by atoms with Gasteiger partial charge in [0, 0.05) is 12.6 Å². The number of pyridine rings is 1. The SMILES string of the molecule is CCC(CN)C(=O)Nc1ccc(OC)nc1. The van der Waals surface area contributed by atoms with Crippen molar-refractivity contribution in [1.29, 1.82) is 0 Å². The zero-order chi connectivity index (χ0) is 12.0. The van der Waals surface area contributed by atoms with Crippen molar-refractivity contribution in [3.05, 3.63) is 18.3 Å². The molecule has 0 aliphatic heterocycles. The van der Waals surface area contributed by atoms with Crippen molar-refractivity contribution in [2.24, 2.45) is 11.7 Å². The van der Waals surface area contributed by atoms with E-state index in [1.807, 2.05) is 6.92 Å². The lowest BCUT2D eigenvalue weighted by atomic mass is 10.1. The Morgan fingerprint density at radius 3 is 2.81 bits per heavy atom. The molecular weight excluding hydrogens is 206 g/mol. The number of anilines is 1. The predicted octanol–water partition coefficient (Wildman–Crippen LogP) is 1.01. The summed E-state index contributed by atoms with van der Waals surface area (Å²) in [6.45, 7) is 2.29. The zero-order valence-corrected chi connectivity index (χ0v) is 9.56. The quantitative estimate of drug-likeness (QED) is 0.781. The number of hydrogen-bond acceptors (Lipinski definition) is 4. The molecule has 0 fully saturated rings. The summed E-state index contributed by atoms with van der Waals surface area (Å²) in [5.74, 6) is 0.294. The van der Waals surface area contributed by atoms with Crippen LogP contribution < -0.4 is 15.8 Å². The van der Waals surface area contributed by atoms with Gasteiger partial charge in [-0.15, -0.1) is 0 Å². The van der Waals surface area contributed by atoms with Crippen LogP contribution in [0.5, 0.6) is 5.88 Å². The number of ether oxygens (including phenoxy) is 1. The molecule has 88 valence electrons. The van der Waals surface area contributed by atoms with Crippen molar-refractivity contribution in [3.8, 4) is 5.88 Å². The third-order valence-corrected chi connectivity index (χ3v) is 2.36. The van der Waals surface area contributed by atoms with Gasteiger partial charge in [-0.3, -0.25) is 4.79 Å². The van der Waals surface area contributed by atoms with Gasteiger partial charge in [0.15, 0.2) is 0 Å². The highest BCUT2D eigenvalue weighted by Crippen LogP contribution is 2.12.